The molecule has 2 heterocycles. The number of benzene rings is 1. The van der Waals surface area contributed by atoms with Crippen molar-refractivity contribution in [2.75, 3.05) is 5.32 Å². The summed E-state index contributed by atoms with van der Waals surface area (Å²) in [5.41, 5.74) is 2.29. The first-order valence-corrected chi connectivity index (χ1v) is 5.86. The van der Waals surface area contributed by atoms with Gasteiger partial charge < -0.3 is 14.9 Å². The second kappa shape index (κ2) is 4.81. The molecule has 94 valence electrons. The molecule has 0 saturated heterocycles. The van der Waals surface area contributed by atoms with Gasteiger partial charge in [0.2, 0.25) is 0 Å². The van der Waals surface area contributed by atoms with E-state index in [1.807, 2.05) is 35.0 Å². The van der Waals surface area contributed by atoms with Crippen LogP contribution in [0.1, 0.15) is 10.5 Å². The highest BCUT2D eigenvalue weighted by atomic mass is 16.1. The second-order valence-electron chi connectivity index (χ2n) is 4.05. The van der Waals surface area contributed by atoms with E-state index >= 15 is 0 Å². The first kappa shape index (κ1) is 11.3. The molecule has 0 saturated carbocycles. The van der Waals surface area contributed by atoms with Gasteiger partial charge in [0, 0.05) is 30.0 Å². The van der Waals surface area contributed by atoms with Gasteiger partial charge in [0.15, 0.2) is 0 Å². The molecule has 0 atom stereocenters. The van der Waals surface area contributed by atoms with E-state index in [4.69, 9.17) is 0 Å². The molecule has 0 fully saturated rings. The number of nitrogens with one attached hydrogen (secondary N) is 2. The van der Waals surface area contributed by atoms with Gasteiger partial charge in [-0.15, -0.1) is 0 Å². The average Bonchev–Trinajstić information content (AvgIpc) is 3.13. The van der Waals surface area contributed by atoms with Gasteiger partial charge in [-0.2, -0.15) is 0 Å². The summed E-state index contributed by atoms with van der Waals surface area (Å²) < 4.78 is 1.90. The molecule has 0 radical (unpaired) electrons. The smallest absolute Gasteiger partial charge is 0.272 e. The van der Waals surface area contributed by atoms with Crippen molar-refractivity contribution in [3.63, 3.8) is 0 Å². The SMILES string of the molecule is O=C(Nc1ccc(-n2ccnc2)cc1)c1ccc[nH]1. The van der Waals surface area contributed by atoms with Crippen LogP contribution in [0.4, 0.5) is 5.69 Å². The molecular weight excluding hydrogens is 240 g/mol. The number of hydrogen-bond donors (Lipinski definition) is 2. The van der Waals surface area contributed by atoms with E-state index in [9.17, 15) is 4.79 Å². The number of amides is 1. The molecule has 1 amide bonds. The molecular formula is C14H12N4O. The fraction of sp³-hybridized carbons (Fsp3) is 0. The minimum atomic E-state index is -0.152. The lowest BCUT2D eigenvalue weighted by molar-refractivity contribution is 0.102. The topological polar surface area (TPSA) is 62.7 Å². The van der Waals surface area contributed by atoms with E-state index < -0.39 is 0 Å². The first-order valence-electron chi connectivity index (χ1n) is 5.86. The quantitative estimate of drug-likeness (QED) is 0.752. The van der Waals surface area contributed by atoms with Crippen molar-refractivity contribution in [3.05, 3.63) is 67.0 Å². The van der Waals surface area contributed by atoms with E-state index in [1.165, 1.54) is 0 Å². The summed E-state index contributed by atoms with van der Waals surface area (Å²) in [5, 5.41) is 2.82. The molecule has 0 aliphatic carbocycles. The lowest BCUT2D eigenvalue weighted by Gasteiger charge is -2.06. The number of carbonyl (C=O) groups excluding carboxylic acids is 1. The lowest BCUT2D eigenvalue weighted by atomic mass is 10.2. The number of rotatable bonds is 3. The Kier molecular flexibility index (Phi) is 2.86. The van der Waals surface area contributed by atoms with Gasteiger partial charge in [0.1, 0.15) is 5.69 Å². The monoisotopic (exact) mass is 252 g/mol. The molecule has 2 aromatic heterocycles. The Morgan fingerprint density at radius 1 is 1.21 bits per heavy atom. The lowest BCUT2D eigenvalue weighted by Crippen LogP contribution is -2.12. The summed E-state index contributed by atoms with van der Waals surface area (Å²) in [6.45, 7) is 0. The van der Waals surface area contributed by atoms with Crippen molar-refractivity contribution in [3.8, 4) is 5.69 Å². The number of aromatic amines is 1. The van der Waals surface area contributed by atoms with Crippen LogP contribution in [0.25, 0.3) is 5.69 Å². The van der Waals surface area contributed by atoms with Crippen molar-refractivity contribution >= 4 is 11.6 Å². The normalized spacial score (nSPS) is 10.3. The van der Waals surface area contributed by atoms with E-state index in [1.54, 1.807) is 30.9 Å². The number of nitrogens with zero attached hydrogens (tertiary/aromatic N) is 2. The van der Waals surface area contributed by atoms with Gasteiger partial charge in [-0.3, -0.25) is 4.79 Å². The fourth-order valence-corrected chi connectivity index (χ4v) is 1.80. The van der Waals surface area contributed by atoms with Crippen LogP contribution in [-0.4, -0.2) is 20.4 Å². The van der Waals surface area contributed by atoms with Gasteiger partial charge >= 0.3 is 0 Å². The number of anilines is 1. The molecule has 0 aliphatic heterocycles. The Balaban J connectivity index is 1.75. The summed E-state index contributed by atoms with van der Waals surface area (Å²) in [7, 11) is 0. The van der Waals surface area contributed by atoms with Gasteiger partial charge in [-0.05, 0) is 36.4 Å². The molecule has 3 aromatic rings. The van der Waals surface area contributed by atoms with Crippen molar-refractivity contribution in [1.29, 1.82) is 0 Å². The number of H-pyrrole nitrogens is 1. The Labute approximate surface area is 109 Å². The summed E-state index contributed by atoms with van der Waals surface area (Å²) >= 11 is 0. The average molecular weight is 252 g/mol. The highest BCUT2D eigenvalue weighted by molar-refractivity contribution is 6.02. The Morgan fingerprint density at radius 3 is 2.68 bits per heavy atom. The predicted molar refractivity (Wildman–Crippen MR) is 72.3 cm³/mol. The maximum Gasteiger partial charge on any atom is 0.272 e. The zero-order valence-corrected chi connectivity index (χ0v) is 10.1. The van der Waals surface area contributed by atoms with Crippen molar-refractivity contribution in [2.45, 2.75) is 0 Å². The Bertz CT molecular complexity index is 654. The van der Waals surface area contributed by atoms with E-state index in [2.05, 4.69) is 15.3 Å². The standard InChI is InChI=1S/C14H12N4O/c19-14(13-2-1-7-16-13)17-11-3-5-12(6-4-11)18-9-8-15-10-18/h1-10,16H,(H,17,19). The molecule has 3 rings (SSSR count). The molecule has 0 unspecified atom stereocenters. The summed E-state index contributed by atoms with van der Waals surface area (Å²) in [4.78, 5) is 18.7. The number of carbonyl (C=O) groups is 1. The number of imidazole rings is 1. The molecule has 0 aliphatic rings. The maximum absolute atomic E-state index is 11.8. The fourth-order valence-electron chi connectivity index (χ4n) is 1.80. The van der Waals surface area contributed by atoms with Crippen LogP contribution in [0.5, 0.6) is 0 Å². The highest BCUT2D eigenvalue weighted by Crippen LogP contribution is 2.13. The molecule has 19 heavy (non-hydrogen) atoms. The molecule has 5 heteroatoms. The van der Waals surface area contributed by atoms with Crippen LogP contribution >= 0.6 is 0 Å². The van der Waals surface area contributed by atoms with Crippen LogP contribution in [0.2, 0.25) is 0 Å². The van der Waals surface area contributed by atoms with Crippen molar-refractivity contribution < 1.29 is 4.79 Å². The number of aromatic nitrogens is 3. The van der Waals surface area contributed by atoms with Crippen molar-refractivity contribution in [2.24, 2.45) is 0 Å². The van der Waals surface area contributed by atoms with Gasteiger partial charge in [-0.25, -0.2) is 4.98 Å². The van der Waals surface area contributed by atoms with Gasteiger partial charge in [0.25, 0.3) is 5.91 Å². The molecule has 1 aromatic carbocycles. The van der Waals surface area contributed by atoms with E-state index in [-0.39, 0.29) is 5.91 Å². The minimum absolute atomic E-state index is 0.152. The maximum atomic E-state index is 11.8. The minimum Gasteiger partial charge on any atom is -0.357 e. The molecule has 0 bridgehead atoms. The molecule has 5 nitrogen and oxygen atoms in total. The number of hydrogen-bond acceptors (Lipinski definition) is 2. The second-order valence-corrected chi connectivity index (χ2v) is 4.05. The predicted octanol–water partition coefficient (Wildman–Crippen LogP) is 2.45. The van der Waals surface area contributed by atoms with Crippen LogP contribution < -0.4 is 5.32 Å². The van der Waals surface area contributed by atoms with Crippen LogP contribution in [0.15, 0.2) is 61.3 Å². The Morgan fingerprint density at radius 2 is 2.05 bits per heavy atom. The largest absolute Gasteiger partial charge is 0.357 e. The summed E-state index contributed by atoms with van der Waals surface area (Å²) in [6, 6.07) is 11.1. The Hall–Kier alpha value is -2.82. The van der Waals surface area contributed by atoms with Crippen LogP contribution in [-0.2, 0) is 0 Å². The third-order valence-corrected chi connectivity index (χ3v) is 2.77. The van der Waals surface area contributed by atoms with E-state index in [0.717, 1.165) is 11.4 Å². The molecule has 2 N–H and O–H groups in total. The first-order chi connectivity index (χ1) is 9.33. The zero-order chi connectivity index (χ0) is 13.1. The van der Waals surface area contributed by atoms with Crippen LogP contribution in [0, 0.1) is 0 Å². The van der Waals surface area contributed by atoms with Gasteiger partial charge in [0.05, 0.1) is 6.33 Å². The third-order valence-electron chi connectivity index (χ3n) is 2.77. The van der Waals surface area contributed by atoms with Gasteiger partial charge in [-0.1, -0.05) is 0 Å². The van der Waals surface area contributed by atoms with Crippen molar-refractivity contribution in [1.82, 2.24) is 14.5 Å². The summed E-state index contributed by atoms with van der Waals surface area (Å²) in [6.07, 6.45) is 7.04. The highest BCUT2D eigenvalue weighted by Gasteiger charge is 2.06. The zero-order valence-electron chi connectivity index (χ0n) is 10.1. The third kappa shape index (κ3) is 2.40. The van der Waals surface area contributed by atoms with Crippen LogP contribution in [0.3, 0.4) is 0 Å². The molecule has 0 spiro atoms. The summed E-state index contributed by atoms with van der Waals surface area (Å²) in [5.74, 6) is -0.152. The van der Waals surface area contributed by atoms with E-state index in [0.29, 0.717) is 5.69 Å².